The van der Waals surface area contributed by atoms with E-state index in [1.165, 1.54) is 6.42 Å². The first-order chi connectivity index (χ1) is 9.08. The van der Waals surface area contributed by atoms with Crippen molar-refractivity contribution in [3.05, 3.63) is 0 Å². The van der Waals surface area contributed by atoms with Crippen LogP contribution in [0, 0.1) is 17.8 Å². The summed E-state index contributed by atoms with van der Waals surface area (Å²) < 4.78 is 5.74. The minimum absolute atomic E-state index is 0.164. The van der Waals surface area contributed by atoms with Crippen LogP contribution in [-0.4, -0.2) is 31.2 Å². The molecule has 0 spiro atoms. The normalized spacial score (nSPS) is 34.9. The Bertz CT molecular complexity index is 307. The highest BCUT2D eigenvalue weighted by Crippen LogP contribution is 2.28. The third kappa shape index (κ3) is 3.93. The van der Waals surface area contributed by atoms with Crippen LogP contribution in [0.4, 0.5) is 0 Å². The number of carbonyl (C=O) groups excluding carboxylic acids is 1. The second-order valence-corrected chi connectivity index (χ2v) is 6.49. The summed E-state index contributed by atoms with van der Waals surface area (Å²) >= 11 is 0. The van der Waals surface area contributed by atoms with Crippen molar-refractivity contribution < 1.29 is 9.53 Å². The lowest BCUT2D eigenvalue weighted by molar-refractivity contribution is -0.122. The standard InChI is InChI=1S/C15H28N2O2/c1-10(2)15-12(6-7-19-15)9-17-14(18)8-11-4-3-5-13(11)16/h10-13,15H,3-9,16H2,1-2H3,(H,17,18)/t11-,12?,13+,15?/m0/s1. The van der Waals surface area contributed by atoms with Gasteiger partial charge in [-0.05, 0) is 31.1 Å². The fourth-order valence-corrected chi connectivity index (χ4v) is 3.49. The van der Waals surface area contributed by atoms with Crippen LogP contribution in [-0.2, 0) is 9.53 Å². The van der Waals surface area contributed by atoms with Gasteiger partial charge in [0, 0.05) is 31.5 Å². The third-order valence-electron chi connectivity index (χ3n) is 4.65. The van der Waals surface area contributed by atoms with E-state index < -0.39 is 0 Å². The van der Waals surface area contributed by atoms with Crippen molar-refractivity contribution in [3.8, 4) is 0 Å². The number of nitrogens with two attached hydrogens (primary N) is 1. The predicted octanol–water partition coefficient (Wildman–Crippen LogP) is 1.68. The summed E-state index contributed by atoms with van der Waals surface area (Å²) in [5.74, 6) is 1.55. The maximum absolute atomic E-state index is 12.0. The first-order valence-electron chi connectivity index (χ1n) is 7.71. The maximum atomic E-state index is 12.0. The lowest BCUT2D eigenvalue weighted by Crippen LogP contribution is -2.37. The van der Waals surface area contributed by atoms with E-state index in [0.29, 0.717) is 30.3 Å². The van der Waals surface area contributed by atoms with E-state index in [0.717, 1.165) is 32.4 Å². The van der Waals surface area contributed by atoms with Crippen molar-refractivity contribution in [2.45, 2.75) is 58.1 Å². The second kappa shape index (κ2) is 6.71. The van der Waals surface area contributed by atoms with Crippen LogP contribution in [0.25, 0.3) is 0 Å². The smallest absolute Gasteiger partial charge is 0.220 e. The summed E-state index contributed by atoms with van der Waals surface area (Å²) in [6, 6.07) is 0.226. The van der Waals surface area contributed by atoms with Gasteiger partial charge in [-0.25, -0.2) is 0 Å². The molecule has 0 radical (unpaired) electrons. The molecule has 1 saturated heterocycles. The van der Waals surface area contributed by atoms with Crippen molar-refractivity contribution in [3.63, 3.8) is 0 Å². The first-order valence-corrected chi connectivity index (χ1v) is 7.71. The molecule has 4 atom stereocenters. The molecule has 110 valence electrons. The molecule has 0 aromatic heterocycles. The van der Waals surface area contributed by atoms with E-state index in [1.807, 2.05) is 0 Å². The zero-order valence-electron chi connectivity index (χ0n) is 12.2. The van der Waals surface area contributed by atoms with E-state index in [1.54, 1.807) is 0 Å². The molecule has 2 fully saturated rings. The van der Waals surface area contributed by atoms with Gasteiger partial charge in [-0.2, -0.15) is 0 Å². The van der Waals surface area contributed by atoms with Crippen LogP contribution in [0.15, 0.2) is 0 Å². The molecule has 3 N–H and O–H groups in total. The van der Waals surface area contributed by atoms with Gasteiger partial charge < -0.3 is 15.8 Å². The summed E-state index contributed by atoms with van der Waals surface area (Å²) in [5, 5.41) is 3.08. The Morgan fingerprint density at radius 2 is 2.11 bits per heavy atom. The lowest BCUT2D eigenvalue weighted by Gasteiger charge is -2.22. The summed E-state index contributed by atoms with van der Waals surface area (Å²) in [7, 11) is 0. The fraction of sp³-hybridized carbons (Fsp3) is 0.933. The highest BCUT2D eigenvalue weighted by Gasteiger charge is 2.31. The zero-order valence-corrected chi connectivity index (χ0v) is 12.2. The van der Waals surface area contributed by atoms with Crippen molar-refractivity contribution in [1.29, 1.82) is 0 Å². The van der Waals surface area contributed by atoms with Crippen molar-refractivity contribution in [2.75, 3.05) is 13.2 Å². The Hall–Kier alpha value is -0.610. The van der Waals surface area contributed by atoms with Gasteiger partial charge >= 0.3 is 0 Å². The van der Waals surface area contributed by atoms with Crippen LogP contribution < -0.4 is 11.1 Å². The van der Waals surface area contributed by atoms with Gasteiger partial charge in [-0.1, -0.05) is 20.3 Å². The Morgan fingerprint density at radius 1 is 1.32 bits per heavy atom. The minimum Gasteiger partial charge on any atom is -0.378 e. The molecular formula is C15H28N2O2. The van der Waals surface area contributed by atoms with E-state index in [9.17, 15) is 4.79 Å². The monoisotopic (exact) mass is 268 g/mol. The molecule has 2 unspecified atom stereocenters. The largest absolute Gasteiger partial charge is 0.378 e. The van der Waals surface area contributed by atoms with Gasteiger partial charge in [0.2, 0.25) is 5.91 Å². The van der Waals surface area contributed by atoms with Gasteiger partial charge in [0.25, 0.3) is 0 Å². The molecular weight excluding hydrogens is 240 g/mol. The van der Waals surface area contributed by atoms with E-state index >= 15 is 0 Å². The quantitative estimate of drug-likeness (QED) is 0.797. The summed E-state index contributed by atoms with van der Waals surface area (Å²) in [6.07, 6.45) is 5.31. The molecule has 1 amide bonds. The summed E-state index contributed by atoms with van der Waals surface area (Å²) in [5.41, 5.74) is 6.01. The molecule has 4 nitrogen and oxygen atoms in total. The zero-order chi connectivity index (χ0) is 13.8. The molecule has 1 saturated carbocycles. The number of ether oxygens (including phenoxy) is 1. The van der Waals surface area contributed by atoms with E-state index in [4.69, 9.17) is 10.5 Å². The SMILES string of the molecule is CC(C)C1OCCC1CNC(=O)C[C@@H]1CCC[C@H]1N. The van der Waals surface area contributed by atoms with Crippen LogP contribution in [0.5, 0.6) is 0 Å². The number of carbonyl (C=O) groups is 1. The van der Waals surface area contributed by atoms with Crippen LogP contribution >= 0.6 is 0 Å². The predicted molar refractivity (Wildman–Crippen MR) is 75.6 cm³/mol. The lowest BCUT2D eigenvalue weighted by atomic mass is 9.93. The van der Waals surface area contributed by atoms with Gasteiger partial charge in [0.05, 0.1) is 6.10 Å². The van der Waals surface area contributed by atoms with Gasteiger partial charge in [-0.15, -0.1) is 0 Å². The van der Waals surface area contributed by atoms with Gasteiger partial charge in [-0.3, -0.25) is 4.79 Å². The maximum Gasteiger partial charge on any atom is 0.220 e. The van der Waals surface area contributed by atoms with E-state index in [-0.39, 0.29) is 11.9 Å². The fourth-order valence-electron chi connectivity index (χ4n) is 3.49. The average molecular weight is 268 g/mol. The highest BCUT2D eigenvalue weighted by atomic mass is 16.5. The Kier molecular flexibility index (Phi) is 5.22. The van der Waals surface area contributed by atoms with Crippen LogP contribution in [0.3, 0.4) is 0 Å². The molecule has 0 aromatic rings. The molecule has 2 aliphatic rings. The average Bonchev–Trinajstić information content (AvgIpc) is 2.96. The van der Waals surface area contributed by atoms with Crippen molar-refractivity contribution in [1.82, 2.24) is 5.32 Å². The molecule has 1 aliphatic carbocycles. The van der Waals surface area contributed by atoms with Crippen LogP contribution in [0.1, 0.15) is 46.0 Å². The highest BCUT2D eigenvalue weighted by molar-refractivity contribution is 5.76. The number of amides is 1. The Morgan fingerprint density at radius 3 is 2.74 bits per heavy atom. The summed E-state index contributed by atoms with van der Waals surface area (Å²) in [4.78, 5) is 12.0. The number of nitrogens with one attached hydrogen (secondary N) is 1. The Labute approximate surface area is 116 Å². The van der Waals surface area contributed by atoms with Crippen molar-refractivity contribution in [2.24, 2.45) is 23.5 Å². The van der Waals surface area contributed by atoms with Gasteiger partial charge in [0.15, 0.2) is 0 Å². The second-order valence-electron chi connectivity index (χ2n) is 6.49. The molecule has 19 heavy (non-hydrogen) atoms. The molecule has 0 aromatic carbocycles. The van der Waals surface area contributed by atoms with Crippen molar-refractivity contribution >= 4 is 5.91 Å². The molecule has 1 heterocycles. The number of rotatable bonds is 5. The summed E-state index contributed by atoms with van der Waals surface area (Å²) in [6.45, 7) is 5.95. The first kappa shape index (κ1) is 14.8. The van der Waals surface area contributed by atoms with E-state index in [2.05, 4.69) is 19.2 Å². The number of hydrogen-bond acceptors (Lipinski definition) is 3. The topological polar surface area (TPSA) is 64.3 Å². The number of hydrogen-bond donors (Lipinski definition) is 2. The Balaban J connectivity index is 1.71. The molecule has 1 aliphatic heterocycles. The molecule has 2 rings (SSSR count). The molecule has 4 heteroatoms. The minimum atomic E-state index is 0.164. The van der Waals surface area contributed by atoms with Gasteiger partial charge in [0.1, 0.15) is 0 Å². The third-order valence-corrected chi connectivity index (χ3v) is 4.65. The van der Waals surface area contributed by atoms with Crippen LogP contribution in [0.2, 0.25) is 0 Å². The molecule has 0 bridgehead atoms.